The lowest BCUT2D eigenvalue weighted by Crippen LogP contribution is -2.00. The van der Waals surface area contributed by atoms with Crippen molar-refractivity contribution >= 4 is 43.4 Å². The average Bonchev–Trinajstić information content (AvgIpc) is 3.09. The number of benzene rings is 5. The maximum atomic E-state index is 2.52. The Labute approximate surface area is 163 Å². The van der Waals surface area contributed by atoms with Gasteiger partial charge in [-0.3, -0.25) is 0 Å². The van der Waals surface area contributed by atoms with Crippen LogP contribution in [0.25, 0.3) is 43.4 Å². The van der Waals surface area contributed by atoms with Crippen LogP contribution in [-0.4, -0.2) is 4.57 Å². The number of hydrogen-bond donors (Lipinski definition) is 0. The molecule has 1 heterocycles. The Balaban J connectivity index is 1.84. The Morgan fingerprint density at radius 3 is 1.50 bits per heavy atom. The maximum absolute atomic E-state index is 2.52. The third-order valence-electron chi connectivity index (χ3n) is 5.81. The Morgan fingerprint density at radius 2 is 0.929 bits per heavy atom. The lowest BCUT2D eigenvalue weighted by atomic mass is 10.0. The molecule has 0 aliphatic rings. The first-order valence-corrected chi connectivity index (χ1v) is 9.75. The molecule has 0 fully saturated rings. The first-order chi connectivity index (χ1) is 13.9. The van der Waals surface area contributed by atoms with Crippen LogP contribution in [0, 0.1) is 0 Å². The third-order valence-corrected chi connectivity index (χ3v) is 5.81. The third kappa shape index (κ3) is 2.20. The van der Waals surface area contributed by atoms with Crippen LogP contribution in [0.4, 0.5) is 0 Å². The minimum absolute atomic E-state index is 0.864. The molecule has 0 amide bonds. The summed E-state index contributed by atoms with van der Waals surface area (Å²) in [4.78, 5) is 0. The topological polar surface area (TPSA) is 4.93 Å². The lowest BCUT2D eigenvalue weighted by Gasteiger charge is -2.11. The number of nitrogens with zero attached hydrogens (tertiary/aromatic N) is 1. The largest absolute Gasteiger partial charge is 0.335 e. The van der Waals surface area contributed by atoms with Crippen LogP contribution in [0.3, 0.4) is 0 Å². The molecule has 0 spiro atoms. The van der Waals surface area contributed by atoms with Gasteiger partial charge in [0.05, 0.1) is 11.0 Å². The summed E-state index contributed by atoms with van der Waals surface area (Å²) >= 11 is 0. The van der Waals surface area contributed by atoms with Gasteiger partial charge in [0, 0.05) is 28.1 Å². The van der Waals surface area contributed by atoms with Gasteiger partial charge in [-0.05, 0) is 16.3 Å². The molecular formula is C27H19N. The van der Waals surface area contributed by atoms with Gasteiger partial charge in [0.1, 0.15) is 0 Å². The Kier molecular flexibility index (Phi) is 3.30. The minimum Gasteiger partial charge on any atom is -0.335 e. The van der Waals surface area contributed by atoms with E-state index in [0.717, 1.165) is 6.54 Å². The molecule has 6 rings (SSSR count). The van der Waals surface area contributed by atoms with Crippen molar-refractivity contribution in [3.63, 3.8) is 0 Å². The predicted molar refractivity (Wildman–Crippen MR) is 120 cm³/mol. The van der Waals surface area contributed by atoms with Gasteiger partial charge in [-0.25, -0.2) is 0 Å². The zero-order valence-corrected chi connectivity index (χ0v) is 15.5. The summed E-state index contributed by atoms with van der Waals surface area (Å²) in [5.74, 6) is 0. The maximum Gasteiger partial charge on any atom is 0.0574 e. The lowest BCUT2D eigenvalue weighted by molar-refractivity contribution is 0.874. The van der Waals surface area contributed by atoms with Crippen LogP contribution in [0.5, 0.6) is 0 Å². The van der Waals surface area contributed by atoms with Crippen molar-refractivity contribution in [3.8, 4) is 0 Å². The van der Waals surface area contributed by atoms with Gasteiger partial charge in [-0.2, -0.15) is 0 Å². The highest BCUT2D eigenvalue weighted by molar-refractivity contribution is 6.22. The summed E-state index contributed by atoms with van der Waals surface area (Å²) in [6.45, 7) is 0.864. The smallest absolute Gasteiger partial charge is 0.0574 e. The molecule has 0 N–H and O–H groups in total. The van der Waals surface area contributed by atoms with Gasteiger partial charge >= 0.3 is 0 Å². The van der Waals surface area contributed by atoms with E-state index in [2.05, 4.69) is 108 Å². The predicted octanol–water partition coefficient (Wildman–Crippen LogP) is 7.15. The number of rotatable bonds is 2. The second-order valence-corrected chi connectivity index (χ2v) is 7.44. The Morgan fingerprint density at radius 1 is 0.429 bits per heavy atom. The molecule has 1 heteroatoms. The standard InChI is InChI=1S/C27H19N/c1-2-8-19(9-3-1)18-28-26-22-12-6-4-10-20(22)14-16-24(26)25-17-15-21-11-5-7-13-23(21)27(25)28/h1-17H,18H2. The van der Waals surface area contributed by atoms with E-state index in [1.54, 1.807) is 0 Å². The van der Waals surface area contributed by atoms with Crippen LogP contribution >= 0.6 is 0 Å². The SMILES string of the molecule is c1ccc(Cn2c3c4ccccc4ccc3c3ccc4ccccc4c32)cc1. The monoisotopic (exact) mass is 357 g/mol. The summed E-state index contributed by atoms with van der Waals surface area (Å²) in [6, 6.07) is 37.3. The van der Waals surface area contributed by atoms with Gasteiger partial charge in [0.2, 0.25) is 0 Å². The van der Waals surface area contributed by atoms with E-state index in [4.69, 9.17) is 0 Å². The van der Waals surface area contributed by atoms with E-state index in [9.17, 15) is 0 Å². The van der Waals surface area contributed by atoms with Crippen molar-refractivity contribution in [2.45, 2.75) is 6.54 Å². The molecule has 0 aliphatic carbocycles. The zero-order chi connectivity index (χ0) is 18.5. The first kappa shape index (κ1) is 15.5. The van der Waals surface area contributed by atoms with E-state index in [1.807, 2.05) is 0 Å². The van der Waals surface area contributed by atoms with Crippen LogP contribution in [0.1, 0.15) is 5.56 Å². The summed E-state index contributed by atoms with van der Waals surface area (Å²) in [5.41, 5.74) is 3.98. The molecule has 0 bridgehead atoms. The fourth-order valence-corrected chi connectivity index (χ4v) is 4.56. The van der Waals surface area contributed by atoms with Crippen molar-refractivity contribution < 1.29 is 0 Å². The number of hydrogen-bond acceptors (Lipinski definition) is 0. The molecule has 0 radical (unpaired) electrons. The minimum atomic E-state index is 0.864. The van der Waals surface area contributed by atoms with Gasteiger partial charge in [0.15, 0.2) is 0 Å². The van der Waals surface area contributed by atoms with E-state index >= 15 is 0 Å². The highest BCUT2D eigenvalue weighted by Crippen LogP contribution is 2.38. The molecule has 0 saturated heterocycles. The molecule has 6 aromatic rings. The van der Waals surface area contributed by atoms with E-state index in [-0.39, 0.29) is 0 Å². The molecule has 1 nitrogen and oxygen atoms in total. The van der Waals surface area contributed by atoms with E-state index < -0.39 is 0 Å². The molecule has 28 heavy (non-hydrogen) atoms. The van der Waals surface area contributed by atoms with Crippen molar-refractivity contribution in [2.24, 2.45) is 0 Å². The van der Waals surface area contributed by atoms with Crippen molar-refractivity contribution in [3.05, 3.63) is 109 Å². The quantitative estimate of drug-likeness (QED) is 0.310. The molecule has 0 atom stereocenters. The summed E-state index contributed by atoms with van der Waals surface area (Å²) in [6.07, 6.45) is 0. The van der Waals surface area contributed by atoms with Gasteiger partial charge in [-0.1, -0.05) is 103 Å². The van der Waals surface area contributed by atoms with Gasteiger partial charge < -0.3 is 4.57 Å². The zero-order valence-electron chi connectivity index (χ0n) is 15.5. The van der Waals surface area contributed by atoms with Crippen LogP contribution in [0.2, 0.25) is 0 Å². The summed E-state index contributed by atoms with van der Waals surface area (Å²) in [5, 5.41) is 7.87. The fourth-order valence-electron chi connectivity index (χ4n) is 4.56. The summed E-state index contributed by atoms with van der Waals surface area (Å²) in [7, 11) is 0. The summed E-state index contributed by atoms with van der Waals surface area (Å²) < 4.78 is 2.52. The first-order valence-electron chi connectivity index (χ1n) is 9.75. The molecule has 5 aromatic carbocycles. The van der Waals surface area contributed by atoms with Gasteiger partial charge in [0.25, 0.3) is 0 Å². The van der Waals surface area contributed by atoms with Gasteiger partial charge in [-0.15, -0.1) is 0 Å². The van der Waals surface area contributed by atoms with Crippen LogP contribution in [-0.2, 0) is 6.54 Å². The van der Waals surface area contributed by atoms with Crippen LogP contribution in [0.15, 0.2) is 103 Å². The van der Waals surface area contributed by atoms with E-state index in [0.29, 0.717) is 0 Å². The molecular weight excluding hydrogens is 338 g/mol. The molecule has 0 aliphatic heterocycles. The average molecular weight is 357 g/mol. The number of aromatic nitrogens is 1. The van der Waals surface area contributed by atoms with Crippen molar-refractivity contribution in [1.29, 1.82) is 0 Å². The molecule has 0 unspecified atom stereocenters. The highest BCUT2D eigenvalue weighted by Gasteiger charge is 2.15. The molecule has 0 saturated carbocycles. The normalized spacial score (nSPS) is 11.7. The van der Waals surface area contributed by atoms with Crippen LogP contribution < -0.4 is 0 Å². The molecule has 132 valence electrons. The molecule has 1 aromatic heterocycles. The van der Waals surface area contributed by atoms with Crippen molar-refractivity contribution in [1.82, 2.24) is 4.57 Å². The highest BCUT2D eigenvalue weighted by atomic mass is 15.0. The van der Waals surface area contributed by atoms with Crippen molar-refractivity contribution in [2.75, 3.05) is 0 Å². The fraction of sp³-hybridized carbons (Fsp3) is 0.0370. The second-order valence-electron chi connectivity index (χ2n) is 7.44. The van der Waals surface area contributed by atoms with E-state index in [1.165, 1.54) is 48.9 Å². The number of fused-ring (bicyclic) bond motifs is 7. The second kappa shape index (κ2) is 5.97. The Hall–Kier alpha value is -3.58. The Bertz CT molecular complexity index is 1380.